The van der Waals surface area contributed by atoms with Gasteiger partial charge in [0.25, 0.3) is 0 Å². The molecule has 1 unspecified atom stereocenters. The van der Waals surface area contributed by atoms with Crippen molar-refractivity contribution in [3.63, 3.8) is 0 Å². The summed E-state index contributed by atoms with van der Waals surface area (Å²) < 4.78 is 8.15. The zero-order valence-corrected chi connectivity index (χ0v) is 14.3. The van der Waals surface area contributed by atoms with E-state index in [0.29, 0.717) is 18.1 Å². The Balaban J connectivity index is 2.07. The quantitative estimate of drug-likeness (QED) is 0.891. The van der Waals surface area contributed by atoms with Crippen molar-refractivity contribution in [2.45, 2.75) is 38.8 Å². The molecule has 128 valence electrons. The van der Waals surface area contributed by atoms with E-state index in [4.69, 9.17) is 33.0 Å². The third-order valence-electron chi connectivity index (χ3n) is 3.85. The van der Waals surface area contributed by atoms with Crippen LogP contribution >= 0.6 is 23.2 Å². The van der Waals surface area contributed by atoms with Gasteiger partial charge in [-0.1, -0.05) is 23.2 Å². The molecule has 0 spiro atoms. The van der Waals surface area contributed by atoms with Gasteiger partial charge in [-0.3, -0.25) is 4.57 Å². The highest BCUT2D eigenvalue weighted by Gasteiger charge is 2.21. The van der Waals surface area contributed by atoms with Gasteiger partial charge >= 0.3 is 11.7 Å². The summed E-state index contributed by atoms with van der Waals surface area (Å²) in [4.78, 5) is 23.5. The standard InChI is InChI=1S/C15H15Cl2N3O4/c1-8(14(21)22)24-12-7-11(9(16)6-10(12)17)20-15(23)19-5-3-2-4-13(19)18-20/h6-8H,2-5H2,1H3,(H,21,22). The van der Waals surface area contributed by atoms with Gasteiger partial charge in [-0.25, -0.2) is 9.59 Å². The van der Waals surface area contributed by atoms with Crippen molar-refractivity contribution >= 4 is 29.2 Å². The van der Waals surface area contributed by atoms with Crippen molar-refractivity contribution in [2.24, 2.45) is 0 Å². The minimum absolute atomic E-state index is 0.129. The zero-order valence-electron chi connectivity index (χ0n) is 12.8. The van der Waals surface area contributed by atoms with Crippen LogP contribution in [0.4, 0.5) is 0 Å². The van der Waals surface area contributed by atoms with Crippen LogP contribution in [0.3, 0.4) is 0 Å². The van der Waals surface area contributed by atoms with Crippen molar-refractivity contribution in [3.05, 3.63) is 38.5 Å². The van der Waals surface area contributed by atoms with Gasteiger partial charge in [-0.15, -0.1) is 5.10 Å². The first kappa shape index (κ1) is 16.9. The maximum absolute atomic E-state index is 12.5. The highest BCUT2D eigenvalue weighted by Crippen LogP contribution is 2.33. The van der Waals surface area contributed by atoms with Crippen LogP contribution in [0.15, 0.2) is 16.9 Å². The highest BCUT2D eigenvalue weighted by atomic mass is 35.5. The Morgan fingerprint density at radius 1 is 1.33 bits per heavy atom. The molecular formula is C15H15Cl2N3O4. The summed E-state index contributed by atoms with van der Waals surface area (Å²) >= 11 is 12.3. The lowest BCUT2D eigenvalue weighted by Gasteiger charge is -2.14. The van der Waals surface area contributed by atoms with Crippen molar-refractivity contribution in [1.82, 2.24) is 14.3 Å². The smallest absolute Gasteiger partial charge is 0.350 e. The normalized spacial score (nSPS) is 15.0. The largest absolute Gasteiger partial charge is 0.479 e. The number of halogens is 2. The number of nitrogens with zero attached hydrogens (tertiary/aromatic N) is 3. The Bertz CT molecular complexity index is 859. The lowest BCUT2D eigenvalue weighted by atomic mass is 10.2. The highest BCUT2D eigenvalue weighted by molar-refractivity contribution is 6.36. The molecule has 1 N–H and O–H groups in total. The Morgan fingerprint density at radius 3 is 2.75 bits per heavy atom. The molecule has 2 aromatic rings. The fourth-order valence-electron chi connectivity index (χ4n) is 2.57. The van der Waals surface area contributed by atoms with Crippen LogP contribution in [0.1, 0.15) is 25.6 Å². The monoisotopic (exact) mass is 371 g/mol. The Hall–Kier alpha value is -1.99. The van der Waals surface area contributed by atoms with Gasteiger partial charge in [0, 0.05) is 19.0 Å². The van der Waals surface area contributed by atoms with Crippen molar-refractivity contribution in [2.75, 3.05) is 0 Å². The number of benzene rings is 1. The van der Waals surface area contributed by atoms with E-state index in [9.17, 15) is 9.59 Å². The van der Waals surface area contributed by atoms with Crippen molar-refractivity contribution < 1.29 is 14.6 Å². The predicted octanol–water partition coefficient (Wildman–Crippen LogP) is 2.53. The molecule has 1 aromatic heterocycles. The summed E-state index contributed by atoms with van der Waals surface area (Å²) in [7, 11) is 0. The predicted molar refractivity (Wildman–Crippen MR) is 88.5 cm³/mol. The van der Waals surface area contributed by atoms with Gasteiger partial charge < -0.3 is 9.84 Å². The Labute approximate surface area is 147 Å². The number of aryl methyl sites for hydroxylation is 1. The fourth-order valence-corrected chi connectivity index (χ4v) is 3.08. The number of hydrogen-bond acceptors (Lipinski definition) is 4. The second kappa shape index (κ2) is 6.49. The fraction of sp³-hybridized carbons (Fsp3) is 0.400. The molecule has 1 aliphatic rings. The number of carboxylic acids is 1. The van der Waals surface area contributed by atoms with Crippen LogP contribution < -0.4 is 10.4 Å². The molecule has 0 amide bonds. The average Bonchev–Trinajstić information content (AvgIpc) is 2.87. The SMILES string of the molecule is CC(Oc1cc(-n2nc3n(c2=O)CCCC3)c(Cl)cc1Cl)C(=O)O. The minimum Gasteiger partial charge on any atom is -0.479 e. The first-order chi connectivity index (χ1) is 11.4. The summed E-state index contributed by atoms with van der Waals surface area (Å²) in [6, 6.07) is 2.84. The zero-order chi connectivity index (χ0) is 17.4. The number of rotatable bonds is 4. The van der Waals surface area contributed by atoms with E-state index < -0.39 is 12.1 Å². The van der Waals surface area contributed by atoms with Crippen LogP contribution in [0.25, 0.3) is 5.69 Å². The molecule has 0 aliphatic carbocycles. The maximum atomic E-state index is 12.5. The number of aromatic nitrogens is 3. The van der Waals surface area contributed by atoms with Crippen LogP contribution in [0.2, 0.25) is 10.0 Å². The summed E-state index contributed by atoms with van der Waals surface area (Å²) in [6.07, 6.45) is 1.54. The first-order valence-electron chi connectivity index (χ1n) is 7.46. The second-order valence-corrected chi connectivity index (χ2v) is 6.37. The molecule has 0 radical (unpaired) electrons. The van der Waals surface area contributed by atoms with Gasteiger partial charge in [0.2, 0.25) is 0 Å². The van der Waals surface area contributed by atoms with E-state index in [0.717, 1.165) is 19.3 Å². The van der Waals surface area contributed by atoms with E-state index in [1.54, 1.807) is 4.57 Å². The molecule has 0 saturated heterocycles. The molecule has 1 atom stereocenters. The summed E-state index contributed by atoms with van der Waals surface area (Å²) in [5, 5.41) is 13.7. The van der Waals surface area contributed by atoms with E-state index in [-0.39, 0.29) is 21.5 Å². The van der Waals surface area contributed by atoms with E-state index in [2.05, 4.69) is 5.10 Å². The van der Waals surface area contributed by atoms with E-state index in [1.807, 2.05) is 0 Å². The molecule has 7 nitrogen and oxygen atoms in total. The third kappa shape index (κ3) is 3.01. The summed E-state index contributed by atoms with van der Waals surface area (Å²) in [5.74, 6) is -0.292. The molecule has 1 aromatic carbocycles. The number of aliphatic carboxylic acids is 1. The van der Waals surface area contributed by atoms with Crippen LogP contribution in [-0.4, -0.2) is 31.5 Å². The van der Waals surface area contributed by atoms with Gasteiger partial charge in [0.05, 0.1) is 15.7 Å². The summed E-state index contributed by atoms with van der Waals surface area (Å²) in [5.41, 5.74) is 0.0201. The van der Waals surface area contributed by atoms with Gasteiger partial charge in [-0.05, 0) is 25.8 Å². The number of fused-ring (bicyclic) bond motifs is 1. The van der Waals surface area contributed by atoms with E-state index in [1.165, 1.54) is 23.7 Å². The molecule has 24 heavy (non-hydrogen) atoms. The molecule has 0 saturated carbocycles. The van der Waals surface area contributed by atoms with Crippen molar-refractivity contribution in [3.8, 4) is 11.4 Å². The van der Waals surface area contributed by atoms with Crippen LogP contribution in [0.5, 0.6) is 5.75 Å². The number of hydrogen-bond donors (Lipinski definition) is 1. The second-order valence-electron chi connectivity index (χ2n) is 5.55. The molecule has 0 bridgehead atoms. The third-order valence-corrected chi connectivity index (χ3v) is 4.45. The van der Waals surface area contributed by atoms with Crippen LogP contribution in [-0.2, 0) is 17.8 Å². The Morgan fingerprint density at radius 2 is 2.08 bits per heavy atom. The topological polar surface area (TPSA) is 86.4 Å². The van der Waals surface area contributed by atoms with Gasteiger partial charge in [0.1, 0.15) is 11.6 Å². The lowest BCUT2D eigenvalue weighted by molar-refractivity contribution is -0.144. The van der Waals surface area contributed by atoms with Crippen molar-refractivity contribution in [1.29, 1.82) is 0 Å². The lowest BCUT2D eigenvalue weighted by Crippen LogP contribution is -2.26. The average molecular weight is 372 g/mol. The molecular weight excluding hydrogens is 357 g/mol. The Kier molecular flexibility index (Phi) is 4.56. The minimum atomic E-state index is -1.13. The number of carboxylic acid groups (broad SMARTS) is 1. The molecule has 1 aliphatic heterocycles. The molecule has 3 rings (SSSR count). The summed E-state index contributed by atoms with van der Waals surface area (Å²) in [6.45, 7) is 2.01. The van der Waals surface area contributed by atoms with Gasteiger partial charge in [0.15, 0.2) is 6.10 Å². The molecule has 0 fully saturated rings. The molecule has 2 heterocycles. The molecule has 9 heteroatoms. The number of ether oxygens (including phenoxy) is 1. The number of carbonyl (C=O) groups is 1. The first-order valence-corrected chi connectivity index (χ1v) is 8.21. The maximum Gasteiger partial charge on any atom is 0.350 e. The van der Waals surface area contributed by atoms with Crippen LogP contribution in [0, 0.1) is 0 Å². The van der Waals surface area contributed by atoms with Gasteiger partial charge in [-0.2, -0.15) is 4.68 Å². The van der Waals surface area contributed by atoms with E-state index >= 15 is 0 Å².